The van der Waals surface area contributed by atoms with Gasteiger partial charge in [0.25, 0.3) is 5.91 Å². The van der Waals surface area contributed by atoms with Gasteiger partial charge in [-0.2, -0.15) is 13.2 Å². The Balaban J connectivity index is 1.43. The van der Waals surface area contributed by atoms with Crippen molar-refractivity contribution in [3.63, 3.8) is 0 Å². The molecule has 3 N–H and O–H groups in total. The number of ether oxygens (including phenoxy) is 1. The molecular formula is C27H35F3N2O6. The van der Waals surface area contributed by atoms with Crippen molar-refractivity contribution >= 4 is 17.8 Å². The predicted molar refractivity (Wildman–Crippen MR) is 130 cm³/mol. The molecule has 210 valence electrons. The van der Waals surface area contributed by atoms with Gasteiger partial charge in [0.15, 0.2) is 0 Å². The summed E-state index contributed by atoms with van der Waals surface area (Å²) in [4.78, 5) is 39.5. The maximum absolute atomic E-state index is 13.9. The van der Waals surface area contributed by atoms with Crippen LogP contribution >= 0.6 is 0 Å². The number of halogens is 3. The molecule has 3 fully saturated rings. The Morgan fingerprint density at radius 1 is 1.16 bits per heavy atom. The van der Waals surface area contributed by atoms with Crippen LogP contribution in [-0.4, -0.2) is 69.9 Å². The standard InChI is InChI=1S/C27H35F3N2O6/c1-25(2)16-10-11-26(25,3)20(14-16)38-24(37)18-5-4-12-32(18)23(36)21(27(28,29)30)31-22(35)19(34)13-15-6-8-17(33)9-7-15/h6-9,16,18-21,33-34H,4-5,10-14H2,1-3H3,(H,31,35)/t16?,18?,19?,20-,21?,26?/m1/s1. The number of fused-ring (bicyclic) bond motifs is 2. The number of hydrogen-bond donors (Lipinski definition) is 3. The van der Waals surface area contributed by atoms with Gasteiger partial charge in [0.2, 0.25) is 11.9 Å². The Morgan fingerprint density at radius 2 is 1.82 bits per heavy atom. The second-order valence-corrected chi connectivity index (χ2v) is 11.6. The lowest BCUT2D eigenvalue weighted by Gasteiger charge is -2.39. The number of rotatable bonds is 7. The number of aliphatic hydroxyl groups excluding tert-OH is 1. The fourth-order valence-electron chi connectivity index (χ4n) is 6.44. The van der Waals surface area contributed by atoms with Crippen LogP contribution in [0.5, 0.6) is 5.75 Å². The van der Waals surface area contributed by atoms with Gasteiger partial charge in [0.1, 0.15) is 24.0 Å². The van der Waals surface area contributed by atoms with Crippen molar-refractivity contribution in [2.45, 2.75) is 89.8 Å². The SMILES string of the molecule is CC1(C)C2CCC1(C)[C@H](OC(=O)C1CCCN1C(=O)C(NC(=O)C(O)Cc1ccc(O)cc1)C(F)(F)F)C2. The van der Waals surface area contributed by atoms with Gasteiger partial charge >= 0.3 is 12.1 Å². The Bertz CT molecular complexity index is 1080. The molecule has 1 saturated heterocycles. The molecule has 0 spiro atoms. The van der Waals surface area contributed by atoms with Crippen molar-refractivity contribution in [3.05, 3.63) is 29.8 Å². The topological polar surface area (TPSA) is 116 Å². The number of likely N-dealkylation sites (tertiary alicyclic amines) is 1. The quantitative estimate of drug-likeness (QED) is 0.458. The van der Waals surface area contributed by atoms with Crippen molar-refractivity contribution in [2.24, 2.45) is 16.7 Å². The van der Waals surface area contributed by atoms with E-state index in [4.69, 9.17) is 4.74 Å². The molecule has 38 heavy (non-hydrogen) atoms. The van der Waals surface area contributed by atoms with Gasteiger partial charge < -0.3 is 25.2 Å². The summed E-state index contributed by atoms with van der Waals surface area (Å²) in [6.07, 6.45) is -4.58. The predicted octanol–water partition coefficient (Wildman–Crippen LogP) is 3.09. The minimum atomic E-state index is -5.15. The molecule has 2 bridgehead atoms. The smallest absolute Gasteiger partial charge is 0.417 e. The molecule has 2 saturated carbocycles. The maximum atomic E-state index is 13.9. The van der Waals surface area contributed by atoms with E-state index in [0.29, 0.717) is 24.3 Å². The minimum absolute atomic E-state index is 0.0320. The third kappa shape index (κ3) is 5.09. The van der Waals surface area contributed by atoms with Crippen LogP contribution in [0.1, 0.15) is 58.4 Å². The normalized spacial score (nSPS) is 29.7. The average Bonchev–Trinajstić information content (AvgIpc) is 3.46. The van der Waals surface area contributed by atoms with Gasteiger partial charge in [0.05, 0.1) is 0 Å². The maximum Gasteiger partial charge on any atom is 0.417 e. The molecule has 1 aromatic rings. The lowest BCUT2D eigenvalue weighted by molar-refractivity contribution is -0.183. The lowest BCUT2D eigenvalue weighted by Crippen LogP contribution is -2.59. The second-order valence-electron chi connectivity index (χ2n) is 11.6. The van der Waals surface area contributed by atoms with Crippen molar-refractivity contribution < 1.29 is 42.5 Å². The first-order chi connectivity index (χ1) is 17.6. The fourth-order valence-corrected chi connectivity index (χ4v) is 6.44. The summed E-state index contributed by atoms with van der Waals surface area (Å²) < 4.78 is 47.6. The van der Waals surface area contributed by atoms with Crippen LogP contribution in [0, 0.1) is 16.7 Å². The van der Waals surface area contributed by atoms with Crippen LogP contribution in [0.25, 0.3) is 0 Å². The molecule has 0 radical (unpaired) electrons. The van der Waals surface area contributed by atoms with Gasteiger partial charge in [-0.15, -0.1) is 0 Å². The number of carbonyl (C=O) groups excluding carboxylic acids is 3. The number of carbonyl (C=O) groups is 3. The Hall–Kier alpha value is -2.82. The van der Waals surface area contributed by atoms with Crippen LogP contribution < -0.4 is 5.32 Å². The van der Waals surface area contributed by atoms with E-state index in [0.717, 1.165) is 17.7 Å². The van der Waals surface area contributed by atoms with E-state index < -0.39 is 42.1 Å². The van der Waals surface area contributed by atoms with Crippen molar-refractivity contribution in [2.75, 3.05) is 6.54 Å². The average molecular weight is 541 g/mol. The first-order valence-corrected chi connectivity index (χ1v) is 13.0. The lowest BCUT2D eigenvalue weighted by atomic mass is 9.70. The number of nitrogens with zero attached hydrogens (tertiary/aromatic N) is 1. The summed E-state index contributed by atoms with van der Waals surface area (Å²) in [6.45, 7) is 6.30. The molecule has 5 unspecified atom stereocenters. The third-order valence-corrected chi connectivity index (χ3v) is 9.31. The summed E-state index contributed by atoms with van der Waals surface area (Å²) in [5.74, 6) is -3.20. The number of phenolic OH excluding ortho intramolecular Hbond substituents is 1. The highest BCUT2D eigenvalue weighted by Crippen LogP contribution is 2.66. The molecule has 11 heteroatoms. The highest BCUT2D eigenvalue weighted by molar-refractivity contribution is 5.92. The second kappa shape index (κ2) is 10.1. The number of phenols is 1. The molecule has 8 nitrogen and oxygen atoms in total. The summed E-state index contributed by atoms with van der Waals surface area (Å²) in [5.41, 5.74) is 0.132. The molecule has 6 atom stereocenters. The molecule has 1 heterocycles. The summed E-state index contributed by atoms with van der Waals surface area (Å²) >= 11 is 0. The summed E-state index contributed by atoms with van der Waals surface area (Å²) in [6, 6.07) is 1.36. The molecular weight excluding hydrogens is 505 g/mol. The molecule has 4 rings (SSSR count). The summed E-state index contributed by atoms with van der Waals surface area (Å²) in [7, 11) is 0. The molecule has 1 aliphatic heterocycles. The van der Waals surface area contributed by atoms with Gasteiger partial charge in [-0.1, -0.05) is 32.9 Å². The molecule has 2 aliphatic carbocycles. The van der Waals surface area contributed by atoms with Crippen molar-refractivity contribution in [1.29, 1.82) is 0 Å². The first-order valence-electron chi connectivity index (χ1n) is 13.0. The van der Waals surface area contributed by atoms with Crippen molar-refractivity contribution in [3.8, 4) is 5.75 Å². The number of alkyl halides is 3. The van der Waals surface area contributed by atoms with Crippen molar-refractivity contribution in [1.82, 2.24) is 10.2 Å². The minimum Gasteiger partial charge on any atom is -0.508 e. The van der Waals surface area contributed by atoms with E-state index in [1.54, 1.807) is 5.32 Å². The highest BCUT2D eigenvalue weighted by atomic mass is 19.4. The molecule has 3 aliphatic rings. The zero-order valence-corrected chi connectivity index (χ0v) is 21.8. The zero-order valence-electron chi connectivity index (χ0n) is 21.8. The van der Waals surface area contributed by atoms with Crippen LogP contribution in [0.15, 0.2) is 24.3 Å². The number of amides is 2. The van der Waals surface area contributed by atoms with Gasteiger partial charge in [0, 0.05) is 18.4 Å². The first kappa shape index (κ1) is 28.2. The fraction of sp³-hybridized carbons (Fsp3) is 0.667. The van der Waals surface area contributed by atoms with E-state index in [2.05, 4.69) is 20.8 Å². The Kier molecular flexibility index (Phi) is 7.46. The number of nitrogens with one attached hydrogen (secondary N) is 1. The number of aromatic hydroxyl groups is 1. The number of esters is 1. The van der Waals surface area contributed by atoms with Crippen LogP contribution in [0.3, 0.4) is 0 Å². The summed E-state index contributed by atoms with van der Waals surface area (Å²) in [5, 5.41) is 21.1. The van der Waals surface area contributed by atoms with E-state index >= 15 is 0 Å². The number of aliphatic hydroxyl groups is 1. The zero-order chi connectivity index (χ0) is 28.0. The monoisotopic (exact) mass is 540 g/mol. The van der Waals surface area contributed by atoms with Gasteiger partial charge in [-0.05, 0) is 61.1 Å². The Morgan fingerprint density at radius 3 is 2.37 bits per heavy atom. The number of benzene rings is 1. The highest BCUT2D eigenvalue weighted by Gasteiger charge is 2.63. The molecule has 1 aromatic carbocycles. The van der Waals surface area contributed by atoms with E-state index in [-0.39, 0.29) is 42.1 Å². The van der Waals surface area contributed by atoms with Crippen LogP contribution in [-0.2, 0) is 25.5 Å². The van der Waals surface area contributed by atoms with Crippen LogP contribution in [0.4, 0.5) is 13.2 Å². The Labute approximate surface area is 219 Å². The van der Waals surface area contributed by atoms with E-state index in [1.165, 1.54) is 24.3 Å². The number of hydrogen-bond acceptors (Lipinski definition) is 6. The molecule has 0 aromatic heterocycles. The van der Waals surface area contributed by atoms with E-state index in [9.17, 15) is 37.8 Å². The molecule has 2 amide bonds. The van der Waals surface area contributed by atoms with E-state index in [1.807, 2.05) is 0 Å². The van der Waals surface area contributed by atoms with Gasteiger partial charge in [-0.25, -0.2) is 4.79 Å². The van der Waals surface area contributed by atoms with Gasteiger partial charge in [-0.3, -0.25) is 9.59 Å². The van der Waals surface area contributed by atoms with Crippen LogP contribution in [0.2, 0.25) is 0 Å². The third-order valence-electron chi connectivity index (χ3n) is 9.31. The largest absolute Gasteiger partial charge is 0.508 e.